The van der Waals surface area contributed by atoms with E-state index >= 15 is 0 Å². The van der Waals surface area contributed by atoms with E-state index in [0.29, 0.717) is 6.42 Å². The SMILES string of the molecule is CO[C@@H]1O[C@@]2(C[C@@H]2O)[C@@H]2OC(C)(C)OC12. The lowest BCUT2D eigenvalue weighted by Crippen LogP contribution is -2.34. The van der Waals surface area contributed by atoms with Crippen LogP contribution in [-0.4, -0.2) is 48.2 Å². The smallest absolute Gasteiger partial charge is 0.187 e. The Morgan fingerprint density at radius 1 is 1.27 bits per heavy atom. The van der Waals surface area contributed by atoms with Crippen molar-refractivity contribution in [1.29, 1.82) is 0 Å². The summed E-state index contributed by atoms with van der Waals surface area (Å²) < 4.78 is 22.3. The van der Waals surface area contributed by atoms with Gasteiger partial charge in [0.05, 0.1) is 6.10 Å². The van der Waals surface area contributed by atoms with Crippen LogP contribution >= 0.6 is 0 Å². The van der Waals surface area contributed by atoms with Gasteiger partial charge in [-0.1, -0.05) is 0 Å². The maximum Gasteiger partial charge on any atom is 0.187 e. The number of aliphatic hydroxyl groups is 1. The molecule has 2 saturated heterocycles. The number of rotatable bonds is 1. The molecule has 0 amide bonds. The molecule has 1 N–H and O–H groups in total. The molecule has 3 rings (SSSR count). The van der Waals surface area contributed by atoms with Crippen LogP contribution in [0.2, 0.25) is 0 Å². The minimum absolute atomic E-state index is 0.215. The highest BCUT2D eigenvalue weighted by Crippen LogP contribution is 2.56. The molecule has 1 spiro atoms. The molecule has 2 aliphatic heterocycles. The molecule has 1 saturated carbocycles. The van der Waals surface area contributed by atoms with Crippen LogP contribution in [-0.2, 0) is 18.9 Å². The average molecular weight is 216 g/mol. The zero-order chi connectivity index (χ0) is 10.8. The summed E-state index contributed by atoms with van der Waals surface area (Å²) in [6, 6.07) is 0. The lowest BCUT2D eigenvalue weighted by molar-refractivity contribution is -0.236. The van der Waals surface area contributed by atoms with Crippen LogP contribution in [0.3, 0.4) is 0 Å². The van der Waals surface area contributed by atoms with Gasteiger partial charge in [-0.25, -0.2) is 0 Å². The number of methoxy groups -OCH3 is 1. The van der Waals surface area contributed by atoms with Gasteiger partial charge in [0, 0.05) is 13.5 Å². The van der Waals surface area contributed by atoms with E-state index in [-0.39, 0.29) is 12.2 Å². The van der Waals surface area contributed by atoms with Gasteiger partial charge >= 0.3 is 0 Å². The topological polar surface area (TPSA) is 57.2 Å². The lowest BCUT2D eigenvalue weighted by Gasteiger charge is -2.23. The van der Waals surface area contributed by atoms with Gasteiger partial charge in [0.1, 0.15) is 17.8 Å². The molecule has 0 bridgehead atoms. The molecule has 5 nitrogen and oxygen atoms in total. The van der Waals surface area contributed by atoms with Crippen molar-refractivity contribution in [3.63, 3.8) is 0 Å². The summed E-state index contributed by atoms with van der Waals surface area (Å²) in [5, 5.41) is 9.63. The van der Waals surface area contributed by atoms with Gasteiger partial charge in [0.2, 0.25) is 0 Å². The summed E-state index contributed by atoms with van der Waals surface area (Å²) in [6.07, 6.45) is -0.737. The molecule has 0 aromatic carbocycles. The second-order valence-electron chi connectivity index (χ2n) is 4.92. The van der Waals surface area contributed by atoms with Crippen molar-refractivity contribution in [2.45, 2.75) is 56.3 Å². The minimum Gasteiger partial charge on any atom is -0.390 e. The fourth-order valence-corrected chi connectivity index (χ4v) is 2.57. The van der Waals surface area contributed by atoms with Gasteiger partial charge in [0.25, 0.3) is 0 Å². The highest BCUT2D eigenvalue weighted by molar-refractivity contribution is 5.19. The summed E-state index contributed by atoms with van der Waals surface area (Å²) >= 11 is 0. The quantitative estimate of drug-likeness (QED) is 0.669. The van der Waals surface area contributed by atoms with Crippen molar-refractivity contribution in [2.75, 3.05) is 7.11 Å². The first-order valence-electron chi connectivity index (χ1n) is 5.23. The van der Waals surface area contributed by atoms with E-state index < -0.39 is 23.8 Å². The number of hydrogen-bond donors (Lipinski definition) is 1. The van der Waals surface area contributed by atoms with E-state index in [1.54, 1.807) is 7.11 Å². The molecule has 5 heteroatoms. The predicted octanol–water partition coefficient (Wildman–Crippen LogP) is 0.0126. The Kier molecular flexibility index (Phi) is 1.81. The Balaban J connectivity index is 1.88. The highest BCUT2D eigenvalue weighted by atomic mass is 16.8. The van der Waals surface area contributed by atoms with Crippen molar-refractivity contribution in [3.8, 4) is 0 Å². The maximum atomic E-state index is 9.63. The van der Waals surface area contributed by atoms with E-state index in [1.165, 1.54) is 0 Å². The first kappa shape index (κ1) is 9.99. The molecular formula is C10H16O5. The Hall–Kier alpha value is -0.200. The molecule has 0 radical (unpaired) electrons. The molecule has 5 atom stereocenters. The van der Waals surface area contributed by atoms with Gasteiger partial charge in [-0.05, 0) is 13.8 Å². The molecule has 1 unspecified atom stereocenters. The van der Waals surface area contributed by atoms with Gasteiger partial charge < -0.3 is 24.1 Å². The summed E-state index contributed by atoms with van der Waals surface area (Å²) in [4.78, 5) is 0. The van der Waals surface area contributed by atoms with Crippen LogP contribution in [0.25, 0.3) is 0 Å². The minimum atomic E-state index is -0.620. The third kappa shape index (κ3) is 1.21. The van der Waals surface area contributed by atoms with Crippen LogP contribution in [0.15, 0.2) is 0 Å². The third-order valence-electron chi connectivity index (χ3n) is 3.36. The first-order valence-corrected chi connectivity index (χ1v) is 5.23. The second-order valence-corrected chi connectivity index (χ2v) is 4.92. The first-order chi connectivity index (χ1) is 6.98. The van der Waals surface area contributed by atoms with E-state index in [2.05, 4.69) is 0 Å². The summed E-state index contributed by atoms with van der Waals surface area (Å²) in [6.45, 7) is 3.72. The van der Waals surface area contributed by atoms with Crippen molar-refractivity contribution in [2.24, 2.45) is 0 Å². The Bertz CT molecular complexity index is 292. The summed E-state index contributed by atoms with van der Waals surface area (Å²) in [5.74, 6) is -0.620. The Labute approximate surface area is 88.3 Å². The predicted molar refractivity (Wildman–Crippen MR) is 49.1 cm³/mol. The monoisotopic (exact) mass is 216 g/mol. The van der Waals surface area contributed by atoms with E-state index in [1.807, 2.05) is 13.8 Å². The molecule has 3 aliphatic rings. The molecular weight excluding hydrogens is 200 g/mol. The van der Waals surface area contributed by atoms with Gasteiger partial charge in [-0.2, -0.15) is 0 Å². The Morgan fingerprint density at radius 2 is 1.93 bits per heavy atom. The fraction of sp³-hybridized carbons (Fsp3) is 1.00. The van der Waals surface area contributed by atoms with Crippen molar-refractivity contribution in [1.82, 2.24) is 0 Å². The average Bonchev–Trinajstić information content (AvgIpc) is 2.53. The molecule has 1 aliphatic carbocycles. The zero-order valence-electron chi connectivity index (χ0n) is 9.10. The van der Waals surface area contributed by atoms with Gasteiger partial charge in [-0.3, -0.25) is 0 Å². The van der Waals surface area contributed by atoms with E-state index in [4.69, 9.17) is 18.9 Å². The largest absolute Gasteiger partial charge is 0.390 e. The van der Waals surface area contributed by atoms with Gasteiger partial charge in [-0.15, -0.1) is 0 Å². The molecule has 15 heavy (non-hydrogen) atoms. The number of aliphatic hydroxyl groups excluding tert-OH is 1. The molecule has 2 heterocycles. The normalized spacial score (nSPS) is 56.0. The lowest BCUT2D eigenvalue weighted by atomic mass is 10.1. The van der Waals surface area contributed by atoms with Crippen LogP contribution < -0.4 is 0 Å². The molecule has 0 aromatic rings. The zero-order valence-corrected chi connectivity index (χ0v) is 9.10. The maximum absolute atomic E-state index is 9.63. The molecule has 3 fully saturated rings. The third-order valence-corrected chi connectivity index (χ3v) is 3.36. The van der Waals surface area contributed by atoms with Crippen molar-refractivity contribution >= 4 is 0 Å². The van der Waals surface area contributed by atoms with Crippen LogP contribution in [0.5, 0.6) is 0 Å². The second kappa shape index (κ2) is 2.73. The van der Waals surface area contributed by atoms with Crippen molar-refractivity contribution < 1.29 is 24.1 Å². The number of hydrogen-bond acceptors (Lipinski definition) is 5. The van der Waals surface area contributed by atoms with E-state index in [9.17, 15) is 5.11 Å². The standard InChI is InChI=1S/C10H16O5/c1-9(2)13-6-7(14-9)10(4-5(10)11)15-8(6)12-3/h5-8,11H,4H2,1-3H3/t5-,6?,7+,8+,10+/m0/s1. The summed E-state index contributed by atoms with van der Waals surface area (Å²) in [5.41, 5.74) is -0.584. The van der Waals surface area contributed by atoms with Crippen LogP contribution in [0, 0.1) is 0 Å². The highest BCUT2D eigenvalue weighted by Gasteiger charge is 2.73. The van der Waals surface area contributed by atoms with Crippen LogP contribution in [0.1, 0.15) is 20.3 Å². The van der Waals surface area contributed by atoms with Gasteiger partial charge in [0.15, 0.2) is 12.1 Å². The number of ether oxygens (including phenoxy) is 4. The van der Waals surface area contributed by atoms with E-state index in [0.717, 1.165) is 0 Å². The molecule has 86 valence electrons. The molecule has 0 aromatic heterocycles. The van der Waals surface area contributed by atoms with Crippen molar-refractivity contribution in [3.05, 3.63) is 0 Å². The fourth-order valence-electron chi connectivity index (χ4n) is 2.57. The Morgan fingerprint density at radius 3 is 2.47 bits per heavy atom. The van der Waals surface area contributed by atoms with Crippen LogP contribution in [0.4, 0.5) is 0 Å². The summed E-state index contributed by atoms with van der Waals surface area (Å²) in [7, 11) is 1.57. The number of fused-ring (bicyclic) bond motifs is 2.